The summed E-state index contributed by atoms with van der Waals surface area (Å²) >= 11 is 3.38. The summed E-state index contributed by atoms with van der Waals surface area (Å²) in [6.07, 6.45) is 0. The zero-order valence-electron chi connectivity index (χ0n) is 16.6. The summed E-state index contributed by atoms with van der Waals surface area (Å²) in [4.78, 5) is 39.5. The van der Waals surface area contributed by atoms with Crippen molar-refractivity contribution in [3.8, 4) is 11.5 Å². The number of hydrogen-bond donors (Lipinski definition) is 1. The van der Waals surface area contributed by atoms with E-state index in [0.29, 0.717) is 38.5 Å². The van der Waals surface area contributed by atoms with E-state index in [4.69, 9.17) is 9.47 Å². The Bertz CT molecular complexity index is 1190. The molecule has 0 radical (unpaired) electrons. The molecule has 3 aromatic rings. The minimum atomic E-state index is -0.430. The summed E-state index contributed by atoms with van der Waals surface area (Å²) in [5.41, 5.74) is 1.69. The Morgan fingerprint density at radius 2 is 1.52 bits per heavy atom. The molecular weight excluding hydrogens is 464 g/mol. The van der Waals surface area contributed by atoms with Crippen LogP contribution in [0, 0.1) is 0 Å². The van der Waals surface area contributed by atoms with Crippen molar-refractivity contribution in [3.05, 3.63) is 81.8 Å². The number of methoxy groups -OCH3 is 2. The van der Waals surface area contributed by atoms with Crippen molar-refractivity contribution in [2.45, 2.75) is 0 Å². The Labute approximate surface area is 186 Å². The first kappa shape index (κ1) is 20.6. The third-order valence-corrected chi connectivity index (χ3v) is 5.50. The predicted octanol–water partition coefficient (Wildman–Crippen LogP) is 4.52. The summed E-state index contributed by atoms with van der Waals surface area (Å²) < 4.78 is 11.3. The van der Waals surface area contributed by atoms with Gasteiger partial charge < -0.3 is 14.8 Å². The molecule has 0 aliphatic carbocycles. The molecule has 0 fully saturated rings. The van der Waals surface area contributed by atoms with Crippen molar-refractivity contribution in [3.63, 3.8) is 0 Å². The van der Waals surface area contributed by atoms with Gasteiger partial charge in [0.05, 0.1) is 41.2 Å². The molecule has 8 heteroatoms. The van der Waals surface area contributed by atoms with E-state index in [2.05, 4.69) is 21.2 Å². The van der Waals surface area contributed by atoms with Gasteiger partial charge in [-0.1, -0.05) is 18.2 Å². The van der Waals surface area contributed by atoms with Gasteiger partial charge in [-0.15, -0.1) is 0 Å². The molecule has 1 aliphatic rings. The summed E-state index contributed by atoms with van der Waals surface area (Å²) in [5.74, 6) is -0.301. The van der Waals surface area contributed by atoms with Gasteiger partial charge in [0.2, 0.25) is 0 Å². The van der Waals surface area contributed by atoms with Gasteiger partial charge in [-0.05, 0) is 46.3 Å². The number of ether oxygens (including phenoxy) is 2. The van der Waals surface area contributed by atoms with Crippen LogP contribution in [0.5, 0.6) is 11.5 Å². The molecule has 0 bridgehead atoms. The molecule has 0 atom stereocenters. The maximum absolute atomic E-state index is 12.9. The van der Waals surface area contributed by atoms with Crippen LogP contribution in [0.2, 0.25) is 0 Å². The number of nitrogens with zero attached hydrogens (tertiary/aromatic N) is 1. The van der Waals surface area contributed by atoms with Crippen molar-refractivity contribution >= 4 is 45.0 Å². The number of halogens is 1. The number of carbonyl (C=O) groups is 3. The Morgan fingerprint density at radius 1 is 0.871 bits per heavy atom. The highest BCUT2D eigenvalue weighted by Gasteiger charge is 2.36. The molecule has 0 saturated heterocycles. The van der Waals surface area contributed by atoms with Gasteiger partial charge in [-0.25, -0.2) is 4.90 Å². The lowest BCUT2D eigenvalue weighted by Crippen LogP contribution is -2.29. The van der Waals surface area contributed by atoms with E-state index >= 15 is 0 Å². The van der Waals surface area contributed by atoms with E-state index in [1.54, 1.807) is 54.6 Å². The molecule has 3 amide bonds. The number of nitrogens with one attached hydrogen (secondary N) is 1. The molecule has 3 aromatic carbocycles. The van der Waals surface area contributed by atoms with Crippen LogP contribution in [0.15, 0.2) is 65.1 Å². The largest absolute Gasteiger partial charge is 0.495 e. The zero-order valence-corrected chi connectivity index (χ0v) is 18.2. The molecule has 1 aliphatic heterocycles. The number of amides is 3. The highest BCUT2D eigenvalue weighted by molar-refractivity contribution is 9.10. The van der Waals surface area contributed by atoms with E-state index in [0.717, 1.165) is 4.90 Å². The van der Waals surface area contributed by atoms with E-state index in [1.807, 2.05) is 0 Å². The molecule has 1 heterocycles. The first-order valence-corrected chi connectivity index (χ1v) is 10.0. The Hall–Kier alpha value is -3.65. The second-order valence-corrected chi connectivity index (χ2v) is 7.54. The van der Waals surface area contributed by atoms with E-state index in [1.165, 1.54) is 20.3 Å². The number of benzene rings is 3. The summed E-state index contributed by atoms with van der Waals surface area (Å²) in [6.45, 7) is 0. The minimum absolute atomic E-state index is 0.276. The second-order valence-electron chi connectivity index (χ2n) is 6.68. The molecule has 0 aromatic heterocycles. The summed E-state index contributed by atoms with van der Waals surface area (Å²) in [5, 5.41) is 2.78. The fourth-order valence-electron chi connectivity index (χ4n) is 3.36. The van der Waals surface area contributed by atoms with E-state index in [-0.39, 0.29) is 5.56 Å². The number of fused-ring (bicyclic) bond motifs is 1. The first-order chi connectivity index (χ1) is 14.9. The topological polar surface area (TPSA) is 84.9 Å². The lowest BCUT2D eigenvalue weighted by Gasteiger charge is -2.16. The van der Waals surface area contributed by atoms with Crippen molar-refractivity contribution < 1.29 is 23.9 Å². The summed E-state index contributed by atoms with van der Waals surface area (Å²) in [7, 11) is 3.01. The van der Waals surface area contributed by atoms with Crippen molar-refractivity contribution in [2.75, 3.05) is 24.4 Å². The van der Waals surface area contributed by atoms with Crippen molar-refractivity contribution in [1.29, 1.82) is 0 Å². The van der Waals surface area contributed by atoms with Gasteiger partial charge in [0.15, 0.2) is 0 Å². The number of rotatable bonds is 5. The smallest absolute Gasteiger partial charge is 0.266 e. The normalized spacial score (nSPS) is 12.5. The third kappa shape index (κ3) is 3.66. The highest BCUT2D eigenvalue weighted by Crippen LogP contribution is 2.36. The average molecular weight is 481 g/mol. The molecule has 31 heavy (non-hydrogen) atoms. The maximum atomic E-state index is 12.9. The molecule has 7 nitrogen and oxygen atoms in total. The maximum Gasteiger partial charge on any atom is 0.266 e. The lowest BCUT2D eigenvalue weighted by atomic mass is 10.1. The monoisotopic (exact) mass is 480 g/mol. The van der Waals surface area contributed by atoms with Crippen molar-refractivity contribution in [1.82, 2.24) is 0 Å². The predicted molar refractivity (Wildman–Crippen MR) is 119 cm³/mol. The average Bonchev–Trinajstić information content (AvgIpc) is 3.05. The van der Waals surface area contributed by atoms with Crippen LogP contribution in [-0.4, -0.2) is 31.9 Å². The lowest BCUT2D eigenvalue weighted by molar-refractivity contribution is 0.0924. The van der Waals surface area contributed by atoms with Gasteiger partial charge in [0.25, 0.3) is 17.7 Å². The third-order valence-electron chi connectivity index (χ3n) is 4.88. The van der Waals surface area contributed by atoms with Gasteiger partial charge in [0.1, 0.15) is 11.5 Å². The van der Waals surface area contributed by atoms with Crippen LogP contribution in [0.3, 0.4) is 0 Å². The summed E-state index contributed by atoms with van der Waals surface area (Å²) in [6, 6.07) is 16.3. The molecular formula is C23H17BrN2O5. The van der Waals surface area contributed by atoms with E-state index in [9.17, 15) is 14.4 Å². The molecule has 0 saturated carbocycles. The van der Waals surface area contributed by atoms with Crippen molar-refractivity contribution in [2.24, 2.45) is 0 Å². The van der Waals surface area contributed by atoms with Gasteiger partial charge >= 0.3 is 0 Å². The number of carbonyl (C=O) groups excluding carboxylic acids is 3. The fourth-order valence-corrected chi connectivity index (χ4v) is 3.85. The minimum Gasteiger partial charge on any atom is -0.495 e. The molecule has 1 N–H and O–H groups in total. The van der Waals surface area contributed by atoms with Gasteiger partial charge in [0, 0.05) is 17.7 Å². The number of imide groups is 1. The standard InChI is InChI=1S/C23H17BrN2O5/c1-30-19-12-18(20(31-2)11-17(19)24)25-21(27)13-6-5-7-14(10-13)26-22(28)15-8-3-4-9-16(15)23(26)29/h3-12H,1-2H3,(H,25,27). The molecule has 4 rings (SSSR count). The number of anilines is 2. The SMILES string of the molecule is COc1cc(NC(=O)c2cccc(N3C(=O)c4ccccc4C3=O)c2)c(OC)cc1Br. The highest BCUT2D eigenvalue weighted by atomic mass is 79.9. The van der Waals surface area contributed by atoms with Gasteiger partial charge in [-0.2, -0.15) is 0 Å². The van der Waals surface area contributed by atoms with Crippen LogP contribution in [0.25, 0.3) is 0 Å². The van der Waals surface area contributed by atoms with Crippen LogP contribution in [0.1, 0.15) is 31.1 Å². The van der Waals surface area contributed by atoms with Gasteiger partial charge in [-0.3, -0.25) is 14.4 Å². The fraction of sp³-hybridized carbons (Fsp3) is 0.0870. The molecule has 0 unspecified atom stereocenters. The van der Waals surface area contributed by atoms with Crippen LogP contribution in [-0.2, 0) is 0 Å². The van der Waals surface area contributed by atoms with Crippen LogP contribution in [0.4, 0.5) is 11.4 Å². The molecule has 0 spiro atoms. The Kier molecular flexibility index (Phi) is 5.48. The first-order valence-electron chi connectivity index (χ1n) is 9.25. The van der Waals surface area contributed by atoms with Crippen LogP contribution >= 0.6 is 15.9 Å². The number of hydrogen-bond acceptors (Lipinski definition) is 5. The Morgan fingerprint density at radius 3 is 2.13 bits per heavy atom. The molecule has 156 valence electrons. The van der Waals surface area contributed by atoms with E-state index < -0.39 is 17.7 Å². The zero-order chi connectivity index (χ0) is 22.1. The van der Waals surface area contributed by atoms with Crippen LogP contribution < -0.4 is 19.7 Å². The second kappa shape index (κ2) is 8.23. The Balaban J connectivity index is 1.64. The quantitative estimate of drug-likeness (QED) is 0.542.